The van der Waals surface area contributed by atoms with Crippen LogP contribution in [0.15, 0.2) is 49.6 Å². The molecule has 0 radical (unpaired) electrons. The number of fused-ring (bicyclic) bond motifs is 1. The van der Waals surface area contributed by atoms with E-state index in [9.17, 15) is 19.5 Å². The average molecular weight is 651 g/mol. The molecule has 1 N–H and O–H groups in total. The van der Waals surface area contributed by atoms with Crippen molar-refractivity contribution in [1.82, 2.24) is 9.80 Å². The van der Waals surface area contributed by atoms with E-state index in [1.54, 1.807) is 45.1 Å². The predicted octanol–water partition coefficient (Wildman–Crippen LogP) is 4.58. The minimum Gasteiger partial charge on any atom is -0.396 e. The Morgan fingerprint density at radius 1 is 1.17 bits per heavy atom. The van der Waals surface area contributed by atoms with E-state index in [-0.39, 0.29) is 35.7 Å². The number of para-hydroxylation sites is 1. The van der Waals surface area contributed by atoms with Crippen molar-refractivity contribution in [3.05, 3.63) is 54.6 Å². The number of nitrogens with zero attached hydrogens (tertiary/aromatic N) is 3. The van der Waals surface area contributed by atoms with Gasteiger partial charge >= 0.3 is 0 Å². The van der Waals surface area contributed by atoms with Gasteiger partial charge in [0.25, 0.3) is 5.91 Å². The van der Waals surface area contributed by atoms with Gasteiger partial charge in [-0.15, -0.1) is 13.2 Å². The molecular formula is C31H41BrClN3O5. The number of benzene rings is 1. The lowest BCUT2D eigenvalue weighted by atomic mass is 9.70. The molecule has 3 heterocycles. The summed E-state index contributed by atoms with van der Waals surface area (Å²) in [5.74, 6) is -2.10. The zero-order valence-electron chi connectivity index (χ0n) is 23.7. The van der Waals surface area contributed by atoms with Gasteiger partial charge in [0.1, 0.15) is 11.6 Å². The molecule has 10 heteroatoms. The lowest BCUT2D eigenvalue weighted by Crippen LogP contribution is -2.57. The van der Waals surface area contributed by atoms with Crippen molar-refractivity contribution in [2.75, 3.05) is 37.7 Å². The highest BCUT2D eigenvalue weighted by Gasteiger charge is 2.76. The van der Waals surface area contributed by atoms with Gasteiger partial charge in [0.15, 0.2) is 0 Å². The molecule has 8 nitrogen and oxygen atoms in total. The zero-order valence-corrected chi connectivity index (χ0v) is 26.1. The summed E-state index contributed by atoms with van der Waals surface area (Å²) in [5, 5.41) is 9.60. The van der Waals surface area contributed by atoms with Gasteiger partial charge in [0, 0.05) is 37.6 Å². The molecule has 41 heavy (non-hydrogen) atoms. The molecule has 3 amide bonds. The van der Waals surface area contributed by atoms with Crippen molar-refractivity contribution in [2.24, 2.45) is 11.8 Å². The van der Waals surface area contributed by atoms with Crippen LogP contribution in [0.25, 0.3) is 0 Å². The molecule has 0 saturated carbocycles. The zero-order chi connectivity index (χ0) is 29.7. The Kier molecular flexibility index (Phi) is 10.7. The highest BCUT2D eigenvalue weighted by atomic mass is 79.9. The first-order valence-corrected chi connectivity index (χ1v) is 15.9. The SMILES string of the molecule is C=CCN(CCC)C(=O)[C@H]1[C@H]2C(=O)N(CCCCCCO)C(C(=O)N(CC=C)c3ccccc3Cl)C23CC(Br)[C@@H]1O3. The first kappa shape index (κ1) is 31.7. The second kappa shape index (κ2) is 13.8. The van der Waals surface area contributed by atoms with E-state index >= 15 is 0 Å². The number of aliphatic hydroxyl groups excluding tert-OH is 1. The van der Waals surface area contributed by atoms with Crippen LogP contribution in [-0.4, -0.2) is 88.0 Å². The molecule has 6 atom stereocenters. The van der Waals surface area contributed by atoms with Crippen LogP contribution in [-0.2, 0) is 19.1 Å². The van der Waals surface area contributed by atoms with Crippen LogP contribution in [0.4, 0.5) is 5.69 Å². The van der Waals surface area contributed by atoms with Crippen LogP contribution in [0.3, 0.4) is 0 Å². The summed E-state index contributed by atoms with van der Waals surface area (Å²) in [6.07, 6.45) is 7.01. The Hall–Kier alpha value is -2.20. The standard InChI is InChI=1S/C31H41BrClN3O5/c1-4-15-34(16-5-2)28(38)24-25-29(39)36(18-11-7-8-12-19-37)27(31(25)20-21(32)26(24)41-31)30(40)35(17-6-3)23-14-10-9-13-22(23)33/h4,6,9-10,13-14,21,24-27,37H,1,3,5,7-8,11-12,15-20H2,2H3/t21?,24-,25-,26-,27?,31?/m0/s1. The summed E-state index contributed by atoms with van der Waals surface area (Å²) >= 11 is 10.3. The number of carbonyl (C=O) groups is 3. The molecule has 3 unspecified atom stereocenters. The maximum Gasteiger partial charge on any atom is 0.253 e. The van der Waals surface area contributed by atoms with Gasteiger partial charge < -0.3 is 24.5 Å². The molecule has 1 spiro atoms. The normalized spacial score (nSPS) is 28.0. The number of hydrogen-bond acceptors (Lipinski definition) is 5. The molecule has 3 aliphatic rings. The summed E-state index contributed by atoms with van der Waals surface area (Å²) < 4.78 is 6.69. The molecule has 4 rings (SSSR count). The third kappa shape index (κ3) is 5.88. The highest BCUT2D eigenvalue weighted by Crippen LogP contribution is 2.60. The maximum absolute atomic E-state index is 14.6. The third-order valence-electron chi connectivity index (χ3n) is 8.49. The highest BCUT2D eigenvalue weighted by molar-refractivity contribution is 9.09. The minimum atomic E-state index is -1.15. The van der Waals surface area contributed by atoms with Crippen molar-refractivity contribution in [2.45, 2.75) is 68.0 Å². The largest absolute Gasteiger partial charge is 0.396 e. The first-order valence-electron chi connectivity index (χ1n) is 14.6. The van der Waals surface area contributed by atoms with Gasteiger partial charge in [-0.25, -0.2) is 0 Å². The number of likely N-dealkylation sites (tertiary alicyclic amines) is 1. The molecule has 1 aromatic rings. The number of unbranched alkanes of at least 4 members (excludes halogenated alkanes) is 3. The molecule has 3 fully saturated rings. The van der Waals surface area contributed by atoms with Crippen LogP contribution in [0.5, 0.6) is 0 Å². The number of aliphatic hydroxyl groups is 1. The molecule has 1 aromatic carbocycles. The van der Waals surface area contributed by atoms with E-state index in [0.717, 1.165) is 19.3 Å². The summed E-state index contributed by atoms with van der Waals surface area (Å²) in [5.41, 5.74) is -0.615. The quantitative estimate of drug-likeness (QED) is 0.171. The third-order valence-corrected chi connectivity index (χ3v) is 9.66. The van der Waals surface area contributed by atoms with E-state index in [1.807, 2.05) is 13.0 Å². The van der Waals surface area contributed by atoms with Crippen molar-refractivity contribution >= 4 is 50.9 Å². The molecule has 3 aliphatic heterocycles. The molecule has 0 aromatic heterocycles. The Morgan fingerprint density at radius 3 is 2.54 bits per heavy atom. The van der Waals surface area contributed by atoms with E-state index in [0.29, 0.717) is 49.6 Å². The lowest BCUT2D eigenvalue weighted by Gasteiger charge is -2.37. The van der Waals surface area contributed by atoms with Crippen molar-refractivity contribution < 1.29 is 24.2 Å². The van der Waals surface area contributed by atoms with E-state index < -0.39 is 29.6 Å². The number of rotatable bonds is 15. The van der Waals surface area contributed by atoms with Crippen LogP contribution in [0.1, 0.15) is 45.4 Å². The summed E-state index contributed by atoms with van der Waals surface area (Å²) in [6, 6.07) is 6.19. The summed E-state index contributed by atoms with van der Waals surface area (Å²) in [7, 11) is 0. The van der Waals surface area contributed by atoms with Gasteiger partial charge in [0.05, 0.1) is 28.6 Å². The molecule has 0 aliphatic carbocycles. The van der Waals surface area contributed by atoms with E-state index in [4.69, 9.17) is 16.3 Å². The van der Waals surface area contributed by atoms with Crippen LogP contribution < -0.4 is 4.90 Å². The fraction of sp³-hybridized carbons (Fsp3) is 0.581. The van der Waals surface area contributed by atoms with Gasteiger partial charge in [-0.1, -0.05) is 71.6 Å². The average Bonchev–Trinajstić information content (AvgIpc) is 3.54. The number of halogens is 2. The van der Waals surface area contributed by atoms with E-state index in [2.05, 4.69) is 29.1 Å². The lowest BCUT2D eigenvalue weighted by molar-refractivity contribution is -0.145. The molecule has 3 saturated heterocycles. The van der Waals surface area contributed by atoms with Gasteiger partial charge in [0.2, 0.25) is 11.8 Å². The number of carbonyl (C=O) groups excluding carboxylic acids is 3. The fourth-order valence-electron chi connectivity index (χ4n) is 6.86. The molecule has 2 bridgehead atoms. The first-order chi connectivity index (χ1) is 19.8. The van der Waals surface area contributed by atoms with Gasteiger partial charge in [-0.05, 0) is 37.8 Å². The van der Waals surface area contributed by atoms with Crippen molar-refractivity contribution in [1.29, 1.82) is 0 Å². The number of ether oxygens (including phenoxy) is 1. The van der Waals surface area contributed by atoms with Crippen molar-refractivity contribution in [3.8, 4) is 0 Å². The number of hydrogen-bond donors (Lipinski definition) is 1. The Bertz CT molecular complexity index is 1150. The fourth-order valence-corrected chi connectivity index (χ4v) is 8.04. The Labute approximate surface area is 256 Å². The number of anilines is 1. The Balaban J connectivity index is 1.76. The second-order valence-electron chi connectivity index (χ2n) is 11.1. The smallest absolute Gasteiger partial charge is 0.253 e. The Morgan fingerprint density at radius 2 is 1.88 bits per heavy atom. The van der Waals surface area contributed by atoms with Gasteiger partial charge in [-0.3, -0.25) is 14.4 Å². The second-order valence-corrected chi connectivity index (χ2v) is 12.7. The van der Waals surface area contributed by atoms with E-state index in [1.165, 1.54) is 0 Å². The maximum atomic E-state index is 14.6. The van der Waals surface area contributed by atoms with Crippen LogP contribution >= 0.6 is 27.5 Å². The van der Waals surface area contributed by atoms with Crippen molar-refractivity contribution in [3.63, 3.8) is 0 Å². The predicted molar refractivity (Wildman–Crippen MR) is 164 cm³/mol. The van der Waals surface area contributed by atoms with Gasteiger partial charge in [-0.2, -0.15) is 0 Å². The van der Waals surface area contributed by atoms with Crippen LogP contribution in [0.2, 0.25) is 5.02 Å². The summed E-state index contributed by atoms with van der Waals surface area (Å²) in [4.78, 5) is 47.7. The minimum absolute atomic E-state index is 0.119. The monoisotopic (exact) mass is 649 g/mol. The topological polar surface area (TPSA) is 90.4 Å². The number of alkyl halides is 1. The molecular weight excluding hydrogens is 610 g/mol. The molecule has 224 valence electrons. The van der Waals surface area contributed by atoms with Crippen LogP contribution in [0, 0.1) is 11.8 Å². The summed E-state index contributed by atoms with van der Waals surface area (Å²) in [6.45, 7) is 11.3. The number of amides is 3.